The van der Waals surface area contributed by atoms with Crippen molar-refractivity contribution in [3.8, 4) is 11.6 Å². The van der Waals surface area contributed by atoms with Gasteiger partial charge in [-0.1, -0.05) is 4.85 Å². The molecular weight excluding hydrogens is 236 g/mol. The number of hydrazine groups is 1. The first kappa shape index (κ1) is 11.9. The molecule has 14 heteroatoms. The standard InChI is InChI=1S/C2HN8O2.CH6N4/c11-9-1(3-5-7-9)2-4-6-8-10(2)12;2-1(3)5-4/h11H;4H2,(H4,2,3,5)/q-1;/p+1. The lowest BCUT2D eigenvalue weighted by atomic mass is 10.6. The van der Waals surface area contributed by atoms with E-state index in [1.54, 1.807) is 0 Å². The summed E-state index contributed by atoms with van der Waals surface area (Å²) >= 11 is 0. The third-order valence-electron chi connectivity index (χ3n) is 1.26. The highest BCUT2D eigenvalue weighted by molar-refractivity contribution is 5.68. The average Bonchev–Trinajstić information content (AvgIpc) is 2.87. The van der Waals surface area contributed by atoms with Gasteiger partial charge in [0.05, 0.1) is 0 Å². The van der Waals surface area contributed by atoms with Crippen LogP contribution in [-0.4, -0.2) is 51.9 Å². The van der Waals surface area contributed by atoms with Crippen molar-refractivity contribution in [1.82, 2.24) is 40.7 Å². The van der Waals surface area contributed by atoms with Crippen LogP contribution in [0.4, 0.5) is 0 Å². The van der Waals surface area contributed by atoms with E-state index in [-0.39, 0.29) is 22.5 Å². The van der Waals surface area contributed by atoms with Crippen LogP contribution in [0.15, 0.2) is 0 Å². The molecule has 0 spiro atoms. The van der Waals surface area contributed by atoms with Crippen molar-refractivity contribution >= 4 is 5.96 Å². The minimum atomic E-state index is -0.262. The van der Waals surface area contributed by atoms with Crippen molar-refractivity contribution in [2.45, 2.75) is 0 Å². The molecule has 0 radical (unpaired) electrons. The molecule has 92 valence electrons. The monoisotopic (exact) mass is 244 g/mol. The topological polar surface area (TPSA) is 223 Å². The Morgan fingerprint density at radius 3 is 2.06 bits per heavy atom. The third-order valence-corrected chi connectivity index (χ3v) is 1.26. The minimum absolute atomic E-state index is 0.0324. The van der Waals surface area contributed by atoms with E-state index >= 15 is 0 Å². The van der Waals surface area contributed by atoms with Gasteiger partial charge >= 0.3 is 5.96 Å². The van der Waals surface area contributed by atoms with Gasteiger partial charge < -0.3 is 10.4 Å². The Bertz CT molecular complexity index is 455. The molecule has 0 aliphatic rings. The van der Waals surface area contributed by atoms with Crippen molar-refractivity contribution in [3.63, 3.8) is 0 Å². The fourth-order valence-electron chi connectivity index (χ4n) is 0.626. The molecule has 2 heterocycles. The lowest BCUT2D eigenvalue weighted by Crippen LogP contribution is -2.84. The molecule has 0 aliphatic heterocycles. The molecule has 2 aromatic rings. The van der Waals surface area contributed by atoms with Gasteiger partial charge in [-0.25, -0.2) is 0 Å². The van der Waals surface area contributed by atoms with Crippen molar-refractivity contribution in [2.24, 2.45) is 17.3 Å². The summed E-state index contributed by atoms with van der Waals surface area (Å²) in [5.41, 5.74) is 9.50. The first-order chi connectivity index (χ1) is 8.06. The summed E-state index contributed by atoms with van der Waals surface area (Å²) in [4.78, 5) is 0.401. The highest BCUT2D eigenvalue weighted by Crippen LogP contribution is 2.06. The van der Waals surface area contributed by atoms with E-state index in [4.69, 9.17) is 16.7 Å². The molecule has 0 bridgehead atoms. The van der Waals surface area contributed by atoms with Gasteiger partial charge in [0, 0.05) is 0 Å². The number of guanidine groups is 1. The Labute approximate surface area is 92.2 Å². The number of tetrazole rings is 2. The van der Waals surface area contributed by atoms with Crippen LogP contribution < -0.4 is 22.4 Å². The predicted octanol–water partition coefficient (Wildman–Crippen LogP) is -5.88. The highest BCUT2D eigenvalue weighted by atomic mass is 16.5. The molecule has 17 heavy (non-hydrogen) atoms. The van der Waals surface area contributed by atoms with E-state index in [1.165, 1.54) is 0 Å². The summed E-state index contributed by atoms with van der Waals surface area (Å²) in [6, 6.07) is 0. The van der Waals surface area contributed by atoms with E-state index in [0.717, 1.165) is 0 Å². The van der Waals surface area contributed by atoms with Crippen LogP contribution in [0.2, 0.25) is 0 Å². The Balaban J connectivity index is 0.000000249. The van der Waals surface area contributed by atoms with Crippen LogP contribution in [0, 0.1) is 5.21 Å². The van der Waals surface area contributed by atoms with Crippen LogP contribution in [0.1, 0.15) is 0 Å². The normalized spacial score (nSPS) is 9.18. The predicted molar refractivity (Wildman–Crippen MR) is 49.1 cm³/mol. The average molecular weight is 244 g/mol. The summed E-state index contributed by atoms with van der Waals surface area (Å²) in [6.45, 7) is 0. The lowest BCUT2D eigenvalue weighted by Gasteiger charge is -2.02. The maximum atomic E-state index is 10.7. The number of nitrogens with one attached hydrogen (secondary N) is 1. The van der Waals surface area contributed by atoms with Crippen LogP contribution in [0.25, 0.3) is 11.6 Å². The van der Waals surface area contributed by atoms with Crippen LogP contribution in [0.3, 0.4) is 0 Å². The molecule has 0 atom stereocenters. The first-order valence-electron chi connectivity index (χ1n) is 3.84. The van der Waals surface area contributed by atoms with Gasteiger partial charge in [0.2, 0.25) is 5.82 Å². The number of rotatable bonds is 1. The van der Waals surface area contributed by atoms with E-state index in [2.05, 4.69) is 36.9 Å². The van der Waals surface area contributed by atoms with Crippen molar-refractivity contribution < 1.29 is 10.3 Å². The number of nitrogens with two attached hydrogens (primary N) is 3. The smallest absolute Gasteiger partial charge is 0.360 e. The molecule has 0 unspecified atom stereocenters. The Morgan fingerprint density at radius 1 is 1.18 bits per heavy atom. The molecule has 0 fully saturated rings. The molecule has 0 aliphatic carbocycles. The minimum Gasteiger partial charge on any atom is -0.787 e. The second kappa shape index (κ2) is 5.05. The van der Waals surface area contributed by atoms with Gasteiger partial charge in [0.15, 0.2) is 0 Å². The van der Waals surface area contributed by atoms with E-state index in [9.17, 15) is 5.21 Å². The quantitative estimate of drug-likeness (QED) is 0.104. The highest BCUT2D eigenvalue weighted by Gasteiger charge is 2.12. The summed E-state index contributed by atoms with van der Waals surface area (Å²) in [6.07, 6.45) is 0. The van der Waals surface area contributed by atoms with Gasteiger partial charge in [0.1, 0.15) is 0 Å². The Hall–Kier alpha value is -3.19. The lowest BCUT2D eigenvalue weighted by molar-refractivity contribution is -0.471. The summed E-state index contributed by atoms with van der Waals surface area (Å²) in [5.74, 6) is 4.19. The molecule has 14 nitrogen and oxygen atoms in total. The summed E-state index contributed by atoms with van der Waals surface area (Å²) in [7, 11) is 0. The van der Waals surface area contributed by atoms with Crippen LogP contribution >= 0.6 is 0 Å². The Morgan fingerprint density at radius 2 is 1.71 bits per heavy atom. The number of hydrazone groups is 1. The SMILES string of the molecule is N[NH+]=C(N)N.[O-]n1nnnc1-c1nnnn1O. The molecule has 0 amide bonds. The van der Waals surface area contributed by atoms with Crippen molar-refractivity contribution in [3.05, 3.63) is 5.21 Å². The van der Waals surface area contributed by atoms with E-state index in [1.807, 2.05) is 5.10 Å². The fourth-order valence-corrected chi connectivity index (χ4v) is 0.626. The fraction of sp³-hybridized carbons (Fsp3) is 0. The summed E-state index contributed by atoms with van der Waals surface area (Å²) < 4.78 is 0. The van der Waals surface area contributed by atoms with Gasteiger partial charge in [-0.05, 0) is 20.9 Å². The van der Waals surface area contributed by atoms with Crippen LogP contribution in [0.5, 0.6) is 0 Å². The maximum Gasteiger partial charge on any atom is 0.360 e. The number of hydrogen-bond acceptors (Lipinski definition) is 9. The number of hydrogen-bond donors (Lipinski definition) is 5. The van der Waals surface area contributed by atoms with Gasteiger partial charge in [-0.3, -0.25) is 22.2 Å². The van der Waals surface area contributed by atoms with Gasteiger partial charge in [-0.2, -0.15) is 5.10 Å². The van der Waals surface area contributed by atoms with Gasteiger partial charge in [-0.15, -0.1) is 10.2 Å². The molecule has 0 aromatic carbocycles. The molecule has 2 aromatic heterocycles. The zero-order valence-electron chi connectivity index (χ0n) is 8.17. The largest absolute Gasteiger partial charge is 0.787 e. The molecule has 0 saturated heterocycles. The van der Waals surface area contributed by atoms with E-state index in [0.29, 0.717) is 4.85 Å². The van der Waals surface area contributed by atoms with Crippen LogP contribution in [-0.2, 0) is 0 Å². The second-order valence-corrected chi connectivity index (χ2v) is 2.37. The maximum absolute atomic E-state index is 10.7. The van der Waals surface area contributed by atoms with Crippen molar-refractivity contribution in [1.29, 1.82) is 0 Å². The molecular formula is C3H8N12O2. The molecule has 8 N–H and O–H groups in total. The third kappa shape index (κ3) is 2.88. The zero-order valence-corrected chi connectivity index (χ0v) is 8.17. The van der Waals surface area contributed by atoms with E-state index < -0.39 is 0 Å². The number of nitrogens with zero attached hydrogens (tertiary/aromatic N) is 8. The second-order valence-electron chi connectivity index (χ2n) is 2.37. The Kier molecular flexibility index (Phi) is 3.53. The zero-order chi connectivity index (χ0) is 12.8. The van der Waals surface area contributed by atoms with Crippen molar-refractivity contribution in [2.75, 3.05) is 0 Å². The first-order valence-corrected chi connectivity index (χ1v) is 3.84. The van der Waals surface area contributed by atoms with Gasteiger partial charge in [0.25, 0.3) is 5.82 Å². The molecule has 2 rings (SSSR count). The summed E-state index contributed by atoms with van der Waals surface area (Å²) in [5, 5.41) is 40.4. The molecule has 0 saturated carbocycles. The number of aromatic nitrogens is 8.